The number of aliphatic hydroxyl groups is 2. The molecule has 16 aromatic carbocycles. The fourth-order valence-electron chi connectivity index (χ4n) is 12.1. The van der Waals surface area contributed by atoms with E-state index in [1.54, 1.807) is 103 Å². The highest BCUT2D eigenvalue weighted by molar-refractivity contribution is 6.30. The largest absolute Gasteiger partial charge is 0.392 e. The number of rotatable bonds is 18. The Morgan fingerprint density at radius 3 is 0.763 bits per heavy atom. The van der Waals surface area contributed by atoms with E-state index >= 15 is 0 Å². The van der Waals surface area contributed by atoms with Gasteiger partial charge in [0, 0.05) is 38.4 Å². The number of aryl methyl sites for hydroxylation is 5. The van der Waals surface area contributed by atoms with Crippen LogP contribution in [0.1, 0.15) is 128 Å². The van der Waals surface area contributed by atoms with Crippen molar-refractivity contribution in [3.63, 3.8) is 0 Å². The lowest BCUT2D eigenvalue weighted by Crippen LogP contribution is -1.92. The van der Waals surface area contributed by atoms with Gasteiger partial charge in [0.15, 0.2) is 0 Å². The summed E-state index contributed by atoms with van der Waals surface area (Å²) in [5, 5.41) is 18.9. The maximum absolute atomic E-state index is 13.3. The molecule has 0 aliphatic heterocycles. The van der Waals surface area contributed by atoms with Crippen LogP contribution in [-0.4, -0.2) is 10.2 Å². The molecule has 2 N–H and O–H groups in total. The van der Waals surface area contributed by atoms with Crippen molar-refractivity contribution in [3.8, 4) is 0 Å². The van der Waals surface area contributed by atoms with Crippen molar-refractivity contribution in [2.45, 2.75) is 47.8 Å². The van der Waals surface area contributed by atoms with Crippen LogP contribution in [0.2, 0.25) is 5.02 Å². The molecular formula is C119H100ClF9O2. The quantitative estimate of drug-likeness (QED) is 0.0664. The molecule has 0 spiro atoms. The van der Waals surface area contributed by atoms with Gasteiger partial charge in [-0.1, -0.05) is 428 Å². The van der Waals surface area contributed by atoms with E-state index in [1.807, 2.05) is 226 Å². The van der Waals surface area contributed by atoms with Crippen molar-refractivity contribution in [2.75, 3.05) is 0 Å². The average molecular weight is 1770 g/mol. The molecule has 12 heteroatoms. The van der Waals surface area contributed by atoms with Crippen LogP contribution in [0.5, 0.6) is 0 Å². The number of benzene rings is 16. The van der Waals surface area contributed by atoms with E-state index in [0.717, 1.165) is 73.3 Å². The van der Waals surface area contributed by atoms with Gasteiger partial charge in [-0.3, -0.25) is 0 Å². The van der Waals surface area contributed by atoms with Crippen molar-refractivity contribution < 1.29 is 49.7 Å². The lowest BCUT2D eigenvalue weighted by atomic mass is 10.0. The summed E-state index contributed by atoms with van der Waals surface area (Å²) in [5.41, 5.74) is 20.7. The SMILES string of the molecule is Cc1ccc(/C=C/c2ccc(C)cc2)cc1.Cc1ccc(/C=C/c2cccc(F)c2)cc1.Cc1ccc(/C=C/c2ccccc2F)cc1.Cc1cccc(/C=C/c2cccc(F)c2)c1CO.Fc1ccccc1/C=C/c1c(F)cccc1F.Fc1ccccc1/C=C/c1ccc(Cl)cc1.Fc1ccccc1/C=C/c1ccccc1.OCc1ccc(/C=C/c2ccccc2F)cc1. The summed E-state index contributed by atoms with van der Waals surface area (Å²) in [4.78, 5) is 0. The molecule has 0 aromatic heterocycles. The van der Waals surface area contributed by atoms with E-state index in [4.69, 9.17) is 16.7 Å². The van der Waals surface area contributed by atoms with Crippen molar-refractivity contribution in [3.05, 3.63) is 568 Å². The molecule has 0 saturated heterocycles. The maximum Gasteiger partial charge on any atom is 0.133 e. The van der Waals surface area contributed by atoms with Gasteiger partial charge in [0.2, 0.25) is 0 Å². The second-order valence-corrected chi connectivity index (χ2v) is 30.3. The Morgan fingerprint density at radius 1 is 0.206 bits per heavy atom. The van der Waals surface area contributed by atoms with E-state index in [1.165, 1.54) is 112 Å². The standard InChI is InChI=1S/C16H15FO.C16H16.C15H13FO.2C15H13F.C14H10ClF.C14H9F3.C14H11F/c1-12-4-2-6-14(16(12)11-18)9-8-13-5-3-7-15(17)10-13;1-13-3-7-15(8-4-13)11-12-16-9-5-14(2)6-10-16;16-15-4-2-1-3-14(15)10-9-12-5-7-13(11-17)8-6-12;1-12-5-7-13(8-6-12)9-10-14-3-2-4-15(16)11-14;1-12-6-8-13(9-7-12)10-11-14-4-2-3-5-15(14)16;15-13-9-6-11(7-10-13)5-8-12-3-1-2-4-14(12)16;15-12-5-2-1-4-10(12)8-9-11-13(16)6-3-7-14(11)17;15-14-9-5-4-8-13(14)11-10-12-6-2-1-3-7-12/h2-10,18H,11H2,1H3;3-12H,1-2H3;1-10,17H,11H2;2*2-11H,1H3;1-10H;1-9H;1-11H/b9-8+;12-11+;2*10-9+;11-10+;8-5+;9-8+;11-10+. The van der Waals surface area contributed by atoms with Crippen molar-refractivity contribution >= 4 is 109 Å². The summed E-state index contributed by atoms with van der Waals surface area (Å²) in [6.07, 6.45) is 29.1. The second-order valence-electron chi connectivity index (χ2n) is 29.8. The Labute approximate surface area is 769 Å². The third-order valence-electron chi connectivity index (χ3n) is 19.6. The van der Waals surface area contributed by atoms with Gasteiger partial charge in [-0.15, -0.1) is 0 Å². The van der Waals surface area contributed by atoms with Gasteiger partial charge < -0.3 is 10.2 Å². The first-order valence-electron chi connectivity index (χ1n) is 42.1. The summed E-state index contributed by atoms with van der Waals surface area (Å²) < 4.78 is 119. The first-order valence-corrected chi connectivity index (χ1v) is 42.5. The summed E-state index contributed by atoms with van der Waals surface area (Å²) in [5.74, 6) is -3.04. The van der Waals surface area contributed by atoms with Crippen LogP contribution < -0.4 is 0 Å². The number of hydrogen-bond acceptors (Lipinski definition) is 2. The molecule has 2 nitrogen and oxygen atoms in total. The summed E-state index contributed by atoms with van der Waals surface area (Å²) in [7, 11) is 0. The fourth-order valence-corrected chi connectivity index (χ4v) is 12.2. The van der Waals surface area contributed by atoms with E-state index in [9.17, 15) is 44.6 Å². The monoisotopic (exact) mass is 1770 g/mol. The highest BCUT2D eigenvalue weighted by Crippen LogP contribution is 2.24. The molecule has 16 aromatic rings. The summed E-state index contributed by atoms with van der Waals surface area (Å²) in [6, 6.07) is 113. The van der Waals surface area contributed by atoms with E-state index in [2.05, 4.69) is 93.6 Å². The van der Waals surface area contributed by atoms with Crippen LogP contribution in [0.4, 0.5) is 39.5 Å². The normalized spacial score (nSPS) is 10.9. The van der Waals surface area contributed by atoms with Crippen molar-refractivity contribution in [2.24, 2.45) is 0 Å². The van der Waals surface area contributed by atoms with E-state index in [0.29, 0.717) is 27.3 Å². The van der Waals surface area contributed by atoms with E-state index in [-0.39, 0.29) is 59.2 Å². The summed E-state index contributed by atoms with van der Waals surface area (Å²) >= 11 is 5.77. The fraction of sp³-hybridized carbons (Fsp3) is 0.0588. The third kappa shape index (κ3) is 36.7. The molecule has 658 valence electrons. The van der Waals surface area contributed by atoms with Gasteiger partial charge in [0.1, 0.15) is 52.4 Å². The topological polar surface area (TPSA) is 40.5 Å². The molecule has 0 saturated carbocycles. The molecule has 16 rings (SSSR count). The predicted octanol–water partition coefficient (Wildman–Crippen LogP) is 33.3. The first kappa shape index (κ1) is 99.8. The highest BCUT2D eigenvalue weighted by atomic mass is 35.5. The van der Waals surface area contributed by atoms with Crippen LogP contribution in [0.25, 0.3) is 97.2 Å². The van der Waals surface area contributed by atoms with Gasteiger partial charge in [-0.25, -0.2) is 39.5 Å². The smallest absolute Gasteiger partial charge is 0.133 e. The molecule has 131 heavy (non-hydrogen) atoms. The zero-order chi connectivity index (χ0) is 93.3. The zero-order valence-corrected chi connectivity index (χ0v) is 74.0. The number of aliphatic hydroxyl groups excluding tert-OH is 2. The molecular weight excluding hydrogens is 1670 g/mol. The first-order chi connectivity index (χ1) is 63.5. The number of hydrogen-bond donors (Lipinski definition) is 2. The van der Waals surface area contributed by atoms with Crippen molar-refractivity contribution in [1.82, 2.24) is 0 Å². The molecule has 0 aliphatic rings. The number of halogens is 10. The lowest BCUT2D eigenvalue weighted by molar-refractivity contribution is 0.281. The predicted molar refractivity (Wildman–Crippen MR) is 535 cm³/mol. The molecule has 0 bridgehead atoms. The Balaban J connectivity index is 0.000000169. The molecule has 0 heterocycles. The average Bonchev–Trinajstić information content (AvgIpc) is 0.859. The molecule has 0 radical (unpaired) electrons. The van der Waals surface area contributed by atoms with Crippen molar-refractivity contribution in [1.29, 1.82) is 0 Å². The summed E-state index contributed by atoms with van der Waals surface area (Å²) in [6.45, 7) is 10.3. The van der Waals surface area contributed by atoms with E-state index < -0.39 is 17.5 Å². The van der Waals surface area contributed by atoms with Gasteiger partial charge in [-0.2, -0.15) is 0 Å². The molecule has 0 atom stereocenters. The van der Waals surface area contributed by atoms with Crippen LogP contribution in [-0.2, 0) is 13.2 Å². The second kappa shape index (κ2) is 54.9. The third-order valence-corrected chi connectivity index (χ3v) is 19.9. The van der Waals surface area contributed by atoms with Gasteiger partial charge >= 0.3 is 0 Å². The van der Waals surface area contributed by atoms with Gasteiger partial charge in [0.25, 0.3) is 0 Å². The minimum atomic E-state index is -0.669. The Morgan fingerprint density at radius 2 is 0.443 bits per heavy atom. The maximum atomic E-state index is 13.3. The van der Waals surface area contributed by atoms with Crippen LogP contribution >= 0.6 is 11.6 Å². The van der Waals surface area contributed by atoms with Crippen LogP contribution in [0, 0.1) is 87.0 Å². The van der Waals surface area contributed by atoms with Crippen LogP contribution in [0.15, 0.2) is 382 Å². The van der Waals surface area contributed by atoms with Gasteiger partial charge in [0.05, 0.1) is 13.2 Å². The minimum absolute atomic E-state index is 0.00942. The molecule has 0 amide bonds. The molecule has 0 unspecified atom stereocenters. The lowest BCUT2D eigenvalue weighted by Gasteiger charge is -2.06. The minimum Gasteiger partial charge on any atom is -0.392 e. The Kier molecular flexibility index (Phi) is 41.8. The Hall–Kier alpha value is -15.0. The Bertz CT molecular complexity index is 6270. The van der Waals surface area contributed by atoms with Crippen LogP contribution in [0.3, 0.4) is 0 Å². The zero-order valence-electron chi connectivity index (χ0n) is 73.2. The molecule has 0 fully saturated rings. The molecule has 0 aliphatic carbocycles. The van der Waals surface area contributed by atoms with Gasteiger partial charge in [-0.05, 0) is 192 Å². The highest BCUT2D eigenvalue weighted by Gasteiger charge is 2.08.